The van der Waals surface area contributed by atoms with E-state index in [9.17, 15) is 14.7 Å². The van der Waals surface area contributed by atoms with E-state index in [0.29, 0.717) is 6.42 Å². The van der Waals surface area contributed by atoms with Crippen LogP contribution in [0.1, 0.15) is 51.9 Å². The van der Waals surface area contributed by atoms with Crippen LogP contribution in [0.3, 0.4) is 0 Å². The van der Waals surface area contributed by atoms with Gasteiger partial charge in [0.05, 0.1) is 12.0 Å². The van der Waals surface area contributed by atoms with E-state index in [4.69, 9.17) is 0 Å². The van der Waals surface area contributed by atoms with E-state index >= 15 is 0 Å². The first kappa shape index (κ1) is 17.4. The number of nitrogens with zero attached hydrogens (tertiary/aromatic N) is 1. The molecule has 1 saturated heterocycles. The summed E-state index contributed by atoms with van der Waals surface area (Å²) in [5, 5.41) is 13.9. The van der Waals surface area contributed by atoms with Crippen molar-refractivity contribution in [3.05, 3.63) is 0 Å². The third kappa shape index (κ3) is 4.43. The van der Waals surface area contributed by atoms with Crippen molar-refractivity contribution >= 4 is 12.0 Å². The Balaban J connectivity index is 0.00000200. The van der Waals surface area contributed by atoms with Crippen LogP contribution < -0.4 is 29.3 Å². The van der Waals surface area contributed by atoms with Gasteiger partial charge in [0, 0.05) is 13.1 Å². The number of carboxylic acids is 1. The molecule has 0 spiro atoms. The molecule has 0 bridgehead atoms. The summed E-state index contributed by atoms with van der Waals surface area (Å²) in [4.78, 5) is 24.9. The van der Waals surface area contributed by atoms with Crippen molar-refractivity contribution in [2.24, 2.45) is 5.41 Å². The normalized spacial score (nSPS) is 22.1. The molecule has 0 aromatic carbocycles. The van der Waals surface area contributed by atoms with E-state index in [-0.39, 0.29) is 30.3 Å². The van der Waals surface area contributed by atoms with Gasteiger partial charge in [0.25, 0.3) is 0 Å². The molecule has 2 fully saturated rings. The van der Waals surface area contributed by atoms with Crippen LogP contribution in [0.15, 0.2) is 0 Å². The molecule has 0 aromatic rings. The van der Waals surface area contributed by atoms with Crippen LogP contribution in [0.4, 0.5) is 4.79 Å². The van der Waals surface area contributed by atoms with Gasteiger partial charge < -0.3 is 20.1 Å². The number of amides is 2. The topological polar surface area (TPSA) is 72.5 Å². The van der Waals surface area contributed by atoms with Crippen LogP contribution in [-0.2, 0) is 4.79 Å². The maximum absolute atomic E-state index is 12.0. The number of carboxylic acid groups (broad SMARTS) is 1. The summed E-state index contributed by atoms with van der Waals surface area (Å²) in [5.41, 5.74) is 0.0308. The smallest absolute Gasteiger partial charge is 0.548 e. The molecule has 1 N–H and O–H groups in total. The molecule has 1 aliphatic carbocycles. The van der Waals surface area contributed by atoms with E-state index in [0.717, 1.165) is 51.6 Å². The van der Waals surface area contributed by atoms with Crippen molar-refractivity contribution in [1.82, 2.24) is 10.2 Å². The minimum absolute atomic E-state index is 0. The number of carbonyl (C=O) groups excluding carboxylic acids is 2. The molecule has 1 saturated carbocycles. The molecule has 0 aromatic heterocycles. The number of rotatable bonds is 4. The zero-order chi connectivity index (χ0) is 13.9. The van der Waals surface area contributed by atoms with E-state index in [1.165, 1.54) is 0 Å². The number of urea groups is 1. The number of nitrogens with one attached hydrogen (secondary N) is 1. The van der Waals surface area contributed by atoms with Gasteiger partial charge in [0.1, 0.15) is 0 Å². The van der Waals surface area contributed by atoms with Gasteiger partial charge in [-0.1, -0.05) is 19.8 Å². The molecular weight excluding hydrogens is 251 g/mol. The fourth-order valence-electron chi connectivity index (χ4n) is 3.28. The van der Waals surface area contributed by atoms with Gasteiger partial charge in [-0.15, -0.1) is 0 Å². The predicted molar refractivity (Wildman–Crippen MR) is 69.3 cm³/mol. The Bertz CT molecular complexity index is 350. The molecule has 2 aliphatic rings. The molecule has 1 heterocycles. The Kier molecular flexibility index (Phi) is 6.41. The van der Waals surface area contributed by atoms with Crippen molar-refractivity contribution in [2.75, 3.05) is 13.1 Å². The van der Waals surface area contributed by atoms with Crippen LogP contribution >= 0.6 is 0 Å². The molecule has 5 nitrogen and oxygen atoms in total. The second-order valence-electron chi connectivity index (χ2n) is 6.24. The van der Waals surface area contributed by atoms with Gasteiger partial charge in [0.2, 0.25) is 0 Å². The summed E-state index contributed by atoms with van der Waals surface area (Å²) in [6.07, 6.45) is 6.86. The number of hydrogen-bond donors (Lipinski definition) is 1. The Hall–Kier alpha value is -0.663. The average Bonchev–Trinajstić information content (AvgIpc) is 2.99. The molecular formula is C14H23LiN2O3. The van der Waals surface area contributed by atoms with Gasteiger partial charge in [-0.25, -0.2) is 4.79 Å². The standard InChI is InChI=1S/C14H24N2O3.Li/c1-14(6-2-3-7-14)10-11(12(17)18)15-13(19)16-8-4-5-9-16;/h11H,2-10H2,1H3,(H,15,19)(H,17,18);/q;+1/p-1/t11-;/m0./s1. The zero-order valence-electron chi connectivity index (χ0n) is 12.6. The molecule has 108 valence electrons. The van der Waals surface area contributed by atoms with E-state index in [1.807, 2.05) is 0 Å². The largest absolute Gasteiger partial charge is 1.00 e. The van der Waals surface area contributed by atoms with Crippen molar-refractivity contribution in [3.63, 3.8) is 0 Å². The summed E-state index contributed by atoms with van der Waals surface area (Å²) in [6.45, 7) is 3.56. The SMILES string of the molecule is CC1(C[C@H](NC(=O)N2CCCC2)C(=O)[O-])CCCC1.[Li+]. The van der Waals surface area contributed by atoms with Crippen LogP contribution in [-0.4, -0.2) is 36.0 Å². The number of carbonyl (C=O) groups is 2. The summed E-state index contributed by atoms with van der Waals surface area (Å²) < 4.78 is 0. The first-order chi connectivity index (χ1) is 9.00. The molecule has 1 atom stereocenters. The zero-order valence-corrected chi connectivity index (χ0v) is 12.6. The van der Waals surface area contributed by atoms with Crippen LogP contribution in [0, 0.1) is 5.41 Å². The number of likely N-dealkylation sites (tertiary alicyclic amines) is 1. The fraction of sp³-hybridized carbons (Fsp3) is 0.857. The molecule has 0 unspecified atom stereocenters. The van der Waals surface area contributed by atoms with Crippen LogP contribution in [0.2, 0.25) is 0 Å². The van der Waals surface area contributed by atoms with Crippen LogP contribution in [0.25, 0.3) is 0 Å². The summed E-state index contributed by atoms with van der Waals surface area (Å²) in [6, 6.07) is -1.12. The molecule has 2 amide bonds. The second-order valence-corrected chi connectivity index (χ2v) is 6.24. The Labute approximate surface area is 132 Å². The molecule has 0 radical (unpaired) electrons. The number of hydrogen-bond acceptors (Lipinski definition) is 3. The Morgan fingerprint density at radius 2 is 1.75 bits per heavy atom. The summed E-state index contributed by atoms with van der Waals surface area (Å²) in [7, 11) is 0. The van der Waals surface area contributed by atoms with Crippen molar-refractivity contribution in [1.29, 1.82) is 0 Å². The van der Waals surface area contributed by atoms with E-state index < -0.39 is 12.0 Å². The average molecular weight is 274 g/mol. The van der Waals surface area contributed by atoms with Gasteiger partial charge in [-0.2, -0.15) is 0 Å². The van der Waals surface area contributed by atoms with Gasteiger partial charge >= 0.3 is 24.9 Å². The van der Waals surface area contributed by atoms with Crippen LogP contribution in [0.5, 0.6) is 0 Å². The van der Waals surface area contributed by atoms with Gasteiger partial charge in [-0.05, 0) is 37.5 Å². The molecule has 20 heavy (non-hydrogen) atoms. The van der Waals surface area contributed by atoms with Crippen molar-refractivity contribution in [2.45, 2.75) is 57.9 Å². The van der Waals surface area contributed by atoms with Gasteiger partial charge in [0.15, 0.2) is 0 Å². The van der Waals surface area contributed by atoms with E-state index in [1.54, 1.807) is 4.90 Å². The van der Waals surface area contributed by atoms with Crippen molar-refractivity contribution < 1.29 is 33.6 Å². The Morgan fingerprint density at radius 3 is 2.25 bits per heavy atom. The predicted octanol–water partition coefficient (Wildman–Crippen LogP) is -2.12. The first-order valence-electron chi connectivity index (χ1n) is 7.26. The maximum Gasteiger partial charge on any atom is 1.00 e. The quantitative estimate of drug-likeness (QED) is 0.596. The summed E-state index contributed by atoms with van der Waals surface area (Å²) in [5.74, 6) is -1.17. The minimum Gasteiger partial charge on any atom is -0.548 e. The molecule has 2 rings (SSSR count). The third-order valence-corrected chi connectivity index (χ3v) is 4.48. The second kappa shape index (κ2) is 7.38. The van der Waals surface area contributed by atoms with Crippen molar-refractivity contribution in [3.8, 4) is 0 Å². The first-order valence-corrected chi connectivity index (χ1v) is 7.26. The fourth-order valence-corrected chi connectivity index (χ4v) is 3.28. The monoisotopic (exact) mass is 274 g/mol. The Morgan fingerprint density at radius 1 is 1.20 bits per heavy atom. The maximum atomic E-state index is 12.0. The molecule has 6 heteroatoms. The third-order valence-electron chi connectivity index (χ3n) is 4.48. The molecule has 1 aliphatic heterocycles. The van der Waals surface area contributed by atoms with E-state index in [2.05, 4.69) is 12.2 Å². The number of aliphatic carboxylic acids is 1. The minimum atomic E-state index is -1.17. The van der Waals surface area contributed by atoms with Gasteiger partial charge in [-0.3, -0.25) is 0 Å². The summed E-state index contributed by atoms with van der Waals surface area (Å²) >= 11 is 0.